The number of hydrogen-bond donors (Lipinski definition) is 2. The van der Waals surface area contributed by atoms with E-state index in [-0.39, 0.29) is 12.3 Å². The van der Waals surface area contributed by atoms with E-state index in [1.165, 1.54) is 7.11 Å². The van der Waals surface area contributed by atoms with Gasteiger partial charge in [0.25, 0.3) is 0 Å². The van der Waals surface area contributed by atoms with Gasteiger partial charge in [0.15, 0.2) is 0 Å². The fourth-order valence-corrected chi connectivity index (χ4v) is 4.70. The molecule has 0 spiro atoms. The van der Waals surface area contributed by atoms with Crippen molar-refractivity contribution in [3.8, 4) is 0 Å². The molecule has 0 bridgehead atoms. The number of carbonyl (C=O) groups is 3. The van der Waals surface area contributed by atoms with E-state index in [4.69, 9.17) is 4.74 Å². The number of para-hydroxylation sites is 1. The maximum Gasteiger partial charge on any atom is 0.323 e. The number of piperazine rings is 1. The highest BCUT2D eigenvalue weighted by molar-refractivity contribution is 5.96. The van der Waals surface area contributed by atoms with Gasteiger partial charge in [-0.25, -0.2) is 4.79 Å². The molecule has 3 amide bonds. The number of aryl methyl sites for hydroxylation is 1. The Kier molecular flexibility index (Phi) is 6.93. The summed E-state index contributed by atoms with van der Waals surface area (Å²) < 4.78 is 5.10. The van der Waals surface area contributed by atoms with Gasteiger partial charge in [-0.1, -0.05) is 48.0 Å². The van der Waals surface area contributed by atoms with Crippen LogP contribution in [0.1, 0.15) is 23.6 Å². The van der Waals surface area contributed by atoms with E-state index in [0.717, 1.165) is 11.1 Å². The Bertz CT molecular complexity index is 989. The molecule has 174 valence electrons. The first-order valence-corrected chi connectivity index (χ1v) is 11.3. The van der Waals surface area contributed by atoms with Crippen molar-refractivity contribution < 1.29 is 19.1 Å². The average molecular weight is 451 g/mol. The molecule has 2 aliphatic heterocycles. The number of rotatable bonds is 4. The van der Waals surface area contributed by atoms with Crippen molar-refractivity contribution >= 4 is 23.6 Å². The predicted molar refractivity (Wildman–Crippen MR) is 125 cm³/mol. The molecule has 4 rings (SSSR count). The van der Waals surface area contributed by atoms with Gasteiger partial charge in [0.2, 0.25) is 5.91 Å². The van der Waals surface area contributed by atoms with Gasteiger partial charge in [-0.3, -0.25) is 9.59 Å². The zero-order valence-corrected chi connectivity index (χ0v) is 19.0. The first kappa shape index (κ1) is 22.8. The van der Waals surface area contributed by atoms with Crippen molar-refractivity contribution in [2.75, 3.05) is 38.6 Å². The molecule has 2 aromatic carbocycles. The molecule has 2 aliphatic rings. The molecule has 8 heteroatoms. The van der Waals surface area contributed by atoms with Crippen LogP contribution in [0.25, 0.3) is 0 Å². The fourth-order valence-electron chi connectivity index (χ4n) is 4.70. The van der Waals surface area contributed by atoms with E-state index in [2.05, 4.69) is 10.6 Å². The molecular formula is C25H30N4O4. The summed E-state index contributed by atoms with van der Waals surface area (Å²) in [4.78, 5) is 43.3. The molecule has 2 N–H and O–H groups in total. The van der Waals surface area contributed by atoms with Crippen molar-refractivity contribution in [1.82, 2.24) is 15.1 Å². The number of methoxy groups -OCH3 is 1. The van der Waals surface area contributed by atoms with E-state index >= 15 is 0 Å². The molecule has 2 heterocycles. The molecule has 2 fully saturated rings. The quantitative estimate of drug-likeness (QED) is 0.699. The highest BCUT2D eigenvalue weighted by Gasteiger charge is 2.52. The third-order valence-corrected chi connectivity index (χ3v) is 6.39. The Balaban J connectivity index is 1.73. The number of anilines is 1. The number of benzene rings is 2. The fraction of sp³-hybridized carbons (Fsp3) is 0.400. The first-order chi connectivity index (χ1) is 16.0. The first-order valence-electron chi connectivity index (χ1n) is 11.3. The van der Waals surface area contributed by atoms with Crippen LogP contribution in [0.4, 0.5) is 10.5 Å². The van der Waals surface area contributed by atoms with Crippen molar-refractivity contribution in [1.29, 1.82) is 0 Å². The van der Waals surface area contributed by atoms with Crippen LogP contribution in [0.15, 0.2) is 54.6 Å². The maximum atomic E-state index is 13.6. The molecule has 2 saturated heterocycles. The molecular weight excluding hydrogens is 420 g/mol. The minimum atomic E-state index is -0.762. The zero-order valence-electron chi connectivity index (χ0n) is 19.0. The maximum absolute atomic E-state index is 13.6. The van der Waals surface area contributed by atoms with Gasteiger partial charge in [0.05, 0.1) is 19.1 Å². The largest absolute Gasteiger partial charge is 0.469 e. The van der Waals surface area contributed by atoms with Gasteiger partial charge >= 0.3 is 12.0 Å². The molecule has 0 aliphatic carbocycles. The minimum Gasteiger partial charge on any atom is -0.469 e. The molecule has 3 unspecified atom stereocenters. The molecule has 2 aromatic rings. The average Bonchev–Trinajstić information content (AvgIpc) is 3.25. The number of carbonyl (C=O) groups excluding carboxylic acids is 3. The summed E-state index contributed by atoms with van der Waals surface area (Å²) in [6.07, 6.45) is 0.218. The smallest absolute Gasteiger partial charge is 0.323 e. The highest BCUT2D eigenvalue weighted by atomic mass is 16.5. The number of hydrogen-bond acceptors (Lipinski definition) is 5. The second-order valence-electron chi connectivity index (χ2n) is 8.52. The lowest BCUT2D eigenvalue weighted by molar-refractivity contribution is -0.146. The van der Waals surface area contributed by atoms with Crippen molar-refractivity contribution in [3.05, 3.63) is 65.7 Å². The van der Waals surface area contributed by atoms with E-state index in [9.17, 15) is 14.4 Å². The van der Waals surface area contributed by atoms with Crippen LogP contribution in [0.2, 0.25) is 0 Å². The van der Waals surface area contributed by atoms with Crippen LogP contribution in [0.5, 0.6) is 0 Å². The Morgan fingerprint density at radius 1 is 1.00 bits per heavy atom. The summed E-state index contributed by atoms with van der Waals surface area (Å²) in [5.74, 6) is -1.20. The standard InChI is InChI=1S/C25H30N4O4/c1-17-8-10-18(11-9-17)22-20(24(31)33-2)16-21(23(30)28-14-12-26-13-15-28)29(22)25(32)27-19-6-4-3-5-7-19/h3-11,20-22,26H,12-16H2,1-2H3,(H,27,32). The second-order valence-corrected chi connectivity index (χ2v) is 8.52. The topological polar surface area (TPSA) is 91.0 Å². The predicted octanol–water partition coefficient (Wildman–Crippen LogP) is 2.56. The summed E-state index contributed by atoms with van der Waals surface area (Å²) >= 11 is 0. The number of esters is 1. The lowest BCUT2D eigenvalue weighted by Gasteiger charge is -2.35. The van der Waals surface area contributed by atoms with Crippen LogP contribution in [0.3, 0.4) is 0 Å². The Morgan fingerprint density at radius 2 is 1.67 bits per heavy atom. The van der Waals surface area contributed by atoms with Gasteiger partial charge in [-0.2, -0.15) is 0 Å². The van der Waals surface area contributed by atoms with E-state index in [0.29, 0.717) is 31.9 Å². The van der Waals surface area contributed by atoms with Gasteiger partial charge in [-0.05, 0) is 31.0 Å². The van der Waals surface area contributed by atoms with Crippen molar-refractivity contribution in [2.45, 2.75) is 25.4 Å². The van der Waals surface area contributed by atoms with Crippen LogP contribution < -0.4 is 10.6 Å². The Hall–Kier alpha value is -3.39. The second kappa shape index (κ2) is 10.0. The minimum absolute atomic E-state index is 0.136. The molecule has 8 nitrogen and oxygen atoms in total. The number of amides is 3. The number of likely N-dealkylation sites (tertiary alicyclic amines) is 1. The number of urea groups is 1. The zero-order chi connectivity index (χ0) is 23.4. The van der Waals surface area contributed by atoms with Crippen LogP contribution in [-0.2, 0) is 14.3 Å². The Labute approximate surface area is 193 Å². The van der Waals surface area contributed by atoms with E-state index in [1.807, 2.05) is 49.4 Å². The van der Waals surface area contributed by atoms with Gasteiger partial charge < -0.3 is 25.2 Å². The van der Waals surface area contributed by atoms with Gasteiger partial charge in [-0.15, -0.1) is 0 Å². The summed E-state index contributed by atoms with van der Waals surface area (Å²) in [7, 11) is 1.34. The lowest BCUT2D eigenvalue weighted by Crippen LogP contribution is -2.54. The summed E-state index contributed by atoms with van der Waals surface area (Å²) in [6.45, 7) is 4.53. The molecule has 0 radical (unpaired) electrons. The van der Waals surface area contributed by atoms with Crippen LogP contribution in [-0.4, -0.2) is 67.0 Å². The summed E-state index contributed by atoms with van der Waals surface area (Å²) in [5, 5.41) is 6.15. The summed E-state index contributed by atoms with van der Waals surface area (Å²) in [6, 6.07) is 15.0. The number of nitrogens with one attached hydrogen (secondary N) is 2. The lowest BCUT2D eigenvalue weighted by atomic mass is 9.92. The number of nitrogens with zero attached hydrogens (tertiary/aromatic N) is 2. The normalized spacial score (nSPS) is 22.7. The van der Waals surface area contributed by atoms with Crippen LogP contribution >= 0.6 is 0 Å². The van der Waals surface area contributed by atoms with Crippen LogP contribution in [0, 0.1) is 12.8 Å². The van der Waals surface area contributed by atoms with Crippen molar-refractivity contribution in [3.63, 3.8) is 0 Å². The van der Waals surface area contributed by atoms with Gasteiger partial charge in [0, 0.05) is 31.9 Å². The monoisotopic (exact) mass is 450 g/mol. The number of ether oxygens (including phenoxy) is 1. The molecule has 0 aromatic heterocycles. The molecule has 33 heavy (non-hydrogen) atoms. The molecule has 3 atom stereocenters. The van der Waals surface area contributed by atoms with E-state index < -0.39 is 30.0 Å². The van der Waals surface area contributed by atoms with E-state index in [1.54, 1.807) is 21.9 Å². The summed E-state index contributed by atoms with van der Waals surface area (Å²) in [5.41, 5.74) is 2.50. The highest BCUT2D eigenvalue weighted by Crippen LogP contribution is 2.43. The third-order valence-electron chi connectivity index (χ3n) is 6.39. The molecule has 0 saturated carbocycles. The van der Waals surface area contributed by atoms with Gasteiger partial charge in [0.1, 0.15) is 6.04 Å². The Morgan fingerprint density at radius 3 is 2.30 bits per heavy atom. The SMILES string of the molecule is COC(=O)C1CC(C(=O)N2CCNCC2)N(C(=O)Nc2ccccc2)C1c1ccc(C)cc1. The third kappa shape index (κ3) is 4.85. The van der Waals surface area contributed by atoms with Crippen molar-refractivity contribution in [2.24, 2.45) is 5.92 Å².